The zero-order valence-corrected chi connectivity index (χ0v) is 21.0. The summed E-state index contributed by atoms with van der Waals surface area (Å²) in [4.78, 5) is 31.5. The fraction of sp³-hybridized carbons (Fsp3) is 0.310. The SMILES string of the molecule is O=C(c1ccccc1)N1CCN(C2CN(C(=O)c3ccc(OCc4ccc(C(F)(F)F)c(F)c4)cc3)C2)CC1. The predicted octanol–water partition coefficient (Wildman–Crippen LogP) is 4.71. The quantitative estimate of drug-likeness (QED) is 0.425. The molecular formula is C29H27F4N3O3. The number of hydrogen-bond acceptors (Lipinski definition) is 4. The normalized spacial score (nSPS) is 16.6. The van der Waals surface area contributed by atoms with Crippen LogP contribution in [0, 0.1) is 5.82 Å². The molecule has 0 unspecified atom stereocenters. The minimum atomic E-state index is -4.75. The molecule has 2 aliphatic heterocycles. The van der Waals surface area contributed by atoms with Crippen molar-refractivity contribution in [3.05, 3.63) is 101 Å². The van der Waals surface area contributed by atoms with Crippen LogP contribution in [-0.2, 0) is 12.8 Å². The van der Waals surface area contributed by atoms with Gasteiger partial charge in [0.05, 0.1) is 5.56 Å². The van der Waals surface area contributed by atoms with Gasteiger partial charge < -0.3 is 14.5 Å². The molecule has 2 amide bonds. The molecule has 5 rings (SSSR count). The van der Waals surface area contributed by atoms with Crippen LogP contribution in [-0.4, -0.2) is 71.8 Å². The number of amides is 2. The van der Waals surface area contributed by atoms with Gasteiger partial charge in [-0.3, -0.25) is 14.5 Å². The van der Waals surface area contributed by atoms with Crippen LogP contribution in [0.2, 0.25) is 0 Å². The number of carbonyl (C=O) groups is 2. The van der Waals surface area contributed by atoms with E-state index in [-0.39, 0.29) is 30.0 Å². The van der Waals surface area contributed by atoms with Gasteiger partial charge in [-0.05, 0) is 54.1 Å². The minimum Gasteiger partial charge on any atom is -0.489 e. The lowest BCUT2D eigenvalue weighted by molar-refractivity contribution is -0.140. The van der Waals surface area contributed by atoms with Crippen molar-refractivity contribution < 1.29 is 31.9 Å². The number of rotatable bonds is 6. The Kier molecular flexibility index (Phi) is 7.56. The van der Waals surface area contributed by atoms with Crippen LogP contribution in [0.3, 0.4) is 0 Å². The van der Waals surface area contributed by atoms with Crippen molar-refractivity contribution in [3.8, 4) is 5.75 Å². The highest BCUT2D eigenvalue weighted by Gasteiger charge is 2.37. The standard InChI is InChI=1S/C29H27F4N3O3/c30-26-16-20(6-11-25(26)29(31,32)33)19-39-24-9-7-22(8-10-24)28(38)36-17-23(18-36)34-12-14-35(15-13-34)27(37)21-4-2-1-3-5-21/h1-11,16,23H,12-15,17-19H2. The molecule has 10 heteroatoms. The summed E-state index contributed by atoms with van der Waals surface area (Å²) in [5.41, 5.74) is 0.135. The van der Waals surface area contributed by atoms with Gasteiger partial charge in [0.1, 0.15) is 18.2 Å². The molecule has 0 N–H and O–H groups in total. The van der Waals surface area contributed by atoms with Gasteiger partial charge >= 0.3 is 6.18 Å². The fourth-order valence-corrected chi connectivity index (χ4v) is 4.83. The van der Waals surface area contributed by atoms with Crippen LogP contribution in [0.15, 0.2) is 72.8 Å². The maximum Gasteiger partial charge on any atom is 0.419 e. The number of likely N-dealkylation sites (tertiary alicyclic amines) is 1. The molecule has 2 fully saturated rings. The van der Waals surface area contributed by atoms with Crippen molar-refractivity contribution >= 4 is 11.8 Å². The molecule has 0 aliphatic carbocycles. The predicted molar refractivity (Wildman–Crippen MR) is 136 cm³/mol. The Labute approximate surface area is 223 Å². The first-order valence-corrected chi connectivity index (χ1v) is 12.6. The van der Waals surface area contributed by atoms with Crippen LogP contribution in [0.5, 0.6) is 5.75 Å². The zero-order chi connectivity index (χ0) is 27.6. The van der Waals surface area contributed by atoms with Gasteiger partial charge in [-0.2, -0.15) is 13.2 Å². The molecule has 0 radical (unpaired) electrons. The Balaban J connectivity index is 1.07. The smallest absolute Gasteiger partial charge is 0.419 e. The van der Waals surface area contributed by atoms with E-state index in [1.807, 2.05) is 35.2 Å². The molecule has 2 saturated heterocycles. The first kappa shape index (κ1) is 26.7. The van der Waals surface area contributed by atoms with E-state index in [0.29, 0.717) is 49.1 Å². The summed E-state index contributed by atoms with van der Waals surface area (Å²) in [6.45, 7) is 3.95. The summed E-state index contributed by atoms with van der Waals surface area (Å²) in [5.74, 6) is -0.990. The Morgan fingerprint density at radius 1 is 0.795 bits per heavy atom. The first-order chi connectivity index (χ1) is 18.7. The van der Waals surface area contributed by atoms with E-state index in [1.54, 1.807) is 29.2 Å². The Hall–Kier alpha value is -3.92. The summed E-state index contributed by atoms with van der Waals surface area (Å²) in [6.07, 6.45) is -4.75. The summed E-state index contributed by atoms with van der Waals surface area (Å²) >= 11 is 0. The van der Waals surface area contributed by atoms with Crippen molar-refractivity contribution in [2.75, 3.05) is 39.3 Å². The van der Waals surface area contributed by atoms with Crippen LogP contribution in [0.4, 0.5) is 17.6 Å². The van der Waals surface area contributed by atoms with E-state index in [1.165, 1.54) is 6.07 Å². The fourth-order valence-electron chi connectivity index (χ4n) is 4.83. The number of piperazine rings is 1. The number of alkyl halides is 3. The van der Waals surface area contributed by atoms with E-state index in [9.17, 15) is 27.2 Å². The second kappa shape index (κ2) is 11.1. The average molecular weight is 542 g/mol. The number of benzene rings is 3. The minimum absolute atomic E-state index is 0.0413. The number of nitrogens with zero attached hydrogens (tertiary/aromatic N) is 3. The summed E-state index contributed by atoms with van der Waals surface area (Å²) in [5, 5.41) is 0. The Bertz CT molecular complexity index is 1320. The molecule has 3 aromatic rings. The van der Waals surface area contributed by atoms with Gasteiger partial charge in [0.25, 0.3) is 11.8 Å². The van der Waals surface area contributed by atoms with Crippen LogP contribution >= 0.6 is 0 Å². The maximum atomic E-state index is 13.8. The lowest BCUT2D eigenvalue weighted by Crippen LogP contribution is -2.64. The van der Waals surface area contributed by atoms with Crippen molar-refractivity contribution in [2.45, 2.75) is 18.8 Å². The molecule has 0 spiro atoms. The highest BCUT2D eigenvalue weighted by molar-refractivity contribution is 5.95. The molecule has 0 aromatic heterocycles. The summed E-state index contributed by atoms with van der Waals surface area (Å²) in [7, 11) is 0. The third kappa shape index (κ3) is 6.06. The molecule has 3 aromatic carbocycles. The molecule has 39 heavy (non-hydrogen) atoms. The van der Waals surface area contributed by atoms with Gasteiger partial charge in [-0.25, -0.2) is 4.39 Å². The Morgan fingerprint density at radius 2 is 1.41 bits per heavy atom. The molecule has 0 atom stereocenters. The molecule has 2 aliphatic rings. The zero-order valence-electron chi connectivity index (χ0n) is 21.0. The van der Waals surface area contributed by atoms with Crippen molar-refractivity contribution in [1.29, 1.82) is 0 Å². The molecule has 0 bridgehead atoms. The van der Waals surface area contributed by atoms with Crippen molar-refractivity contribution in [2.24, 2.45) is 0 Å². The van der Waals surface area contributed by atoms with Gasteiger partial charge in [-0.1, -0.05) is 24.3 Å². The molecule has 2 heterocycles. The largest absolute Gasteiger partial charge is 0.489 e. The highest BCUT2D eigenvalue weighted by Crippen LogP contribution is 2.32. The first-order valence-electron chi connectivity index (χ1n) is 12.6. The van der Waals surface area contributed by atoms with E-state index in [0.717, 1.165) is 19.2 Å². The third-order valence-corrected chi connectivity index (χ3v) is 7.13. The third-order valence-electron chi connectivity index (χ3n) is 7.13. The van der Waals surface area contributed by atoms with Crippen LogP contribution in [0.1, 0.15) is 31.8 Å². The maximum absolute atomic E-state index is 13.8. The van der Waals surface area contributed by atoms with Crippen molar-refractivity contribution in [3.63, 3.8) is 0 Å². The van der Waals surface area contributed by atoms with Gasteiger partial charge in [-0.15, -0.1) is 0 Å². The van der Waals surface area contributed by atoms with E-state index in [4.69, 9.17) is 4.74 Å². The lowest BCUT2D eigenvalue weighted by atomic mass is 10.0. The average Bonchev–Trinajstić information content (AvgIpc) is 2.91. The van der Waals surface area contributed by atoms with Crippen LogP contribution in [0.25, 0.3) is 0 Å². The molecular weight excluding hydrogens is 514 g/mol. The second-order valence-electron chi connectivity index (χ2n) is 9.68. The highest BCUT2D eigenvalue weighted by atomic mass is 19.4. The molecule has 6 nitrogen and oxygen atoms in total. The van der Waals surface area contributed by atoms with E-state index < -0.39 is 17.6 Å². The Morgan fingerprint density at radius 3 is 2.03 bits per heavy atom. The molecule has 204 valence electrons. The number of halogens is 4. The van der Waals surface area contributed by atoms with Gasteiger partial charge in [0.15, 0.2) is 0 Å². The second-order valence-corrected chi connectivity index (χ2v) is 9.68. The van der Waals surface area contributed by atoms with Gasteiger partial charge in [0.2, 0.25) is 0 Å². The van der Waals surface area contributed by atoms with Crippen LogP contribution < -0.4 is 4.74 Å². The summed E-state index contributed by atoms with van der Waals surface area (Å²) in [6, 6.07) is 18.7. The lowest BCUT2D eigenvalue weighted by Gasteiger charge is -2.48. The number of ether oxygens (including phenoxy) is 1. The number of carbonyl (C=O) groups excluding carboxylic acids is 2. The summed E-state index contributed by atoms with van der Waals surface area (Å²) < 4.78 is 57.4. The van der Waals surface area contributed by atoms with Gasteiger partial charge in [0, 0.05) is 56.4 Å². The monoisotopic (exact) mass is 541 g/mol. The van der Waals surface area contributed by atoms with E-state index in [2.05, 4.69) is 4.90 Å². The molecule has 0 saturated carbocycles. The number of hydrogen-bond donors (Lipinski definition) is 0. The topological polar surface area (TPSA) is 53.1 Å². The van der Waals surface area contributed by atoms with Crippen molar-refractivity contribution in [1.82, 2.24) is 14.7 Å². The van der Waals surface area contributed by atoms with E-state index >= 15 is 0 Å².